The van der Waals surface area contributed by atoms with Crippen LogP contribution in [0, 0.1) is 0 Å². The van der Waals surface area contributed by atoms with Crippen molar-refractivity contribution in [3.05, 3.63) is 65.4 Å². The zero-order chi connectivity index (χ0) is 18.2. The highest BCUT2D eigenvalue weighted by Crippen LogP contribution is 2.29. The molecule has 5 rings (SSSR count). The predicted octanol–water partition coefficient (Wildman–Crippen LogP) is 3.27. The van der Waals surface area contributed by atoms with Gasteiger partial charge in [-0.3, -0.25) is 9.58 Å². The van der Waals surface area contributed by atoms with E-state index in [4.69, 9.17) is 9.84 Å². The van der Waals surface area contributed by atoms with Gasteiger partial charge in [-0.25, -0.2) is 0 Å². The molecule has 1 saturated heterocycles. The van der Waals surface area contributed by atoms with Crippen LogP contribution in [0.25, 0.3) is 10.9 Å². The van der Waals surface area contributed by atoms with Gasteiger partial charge < -0.3 is 10.1 Å². The fraction of sp³-hybridized carbons (Fsp3) is 0.409. The summed E-state index contributed by atoms with van der Waals surface area (Å²) in [7, 11) is 0. The van der Waals surface area contributed by atoms with Crippen LogP contribution in [0.2, 0.25) is 0 Å². The second-order valence-corrected chi connectivity index (χ2v) is 7.73. The van der Waals surface area contributed by atoms with Crippen LogP contribution in [0.3, 0.4) is 0 Å². The van der Waals surface area contributed by atoms with Gasteiger partial charge in [0.25, 0.3) is 0 Å². The lowest BCUT2D eigenvalue weighted by Gasteiger charge is -2.33. The summed E-state index contributed by atoms with van der Waals surface area (Å²) in [5.74, 6) is 0. The van der Waals surface area contributed by atoms with Crippen LogP contribution in [0.1, 0.15) is 35.9 Å². The second-order valence-electron chi connectivity index (χ2n) is 7.73. The van der Waals surface area contributed by atoms with Gasteiger partial charge in [-0.05, 0) is 24.1 Å². The summed E-state index contributed by atoms with van der Waals surface area (Å²) in [5.41, 5.74) is 4.97. The van der Waals surface area contributed by atoms with Crippen LogP contribution >= 0.6 is 0 Å². The minimum absolute atomic E-state index is 0.112. The second kappa shape index (κ2) is 7.08. The molecule has 0 unspecified atom stereocenters. The molecule has 2 aromatic carbocycles. The van der Waals surface area contributed by atoms with E-state index >= 15 is 0 Å². The SMILES string of the molecule is C[C@@H]1CNCc2c3ccc([C@H]4CN(Cc5ccccc5)CCO4)cc3nn21. The van der Waals surface area contributed by atoms with E-state index in [1.54, 1.807) is 0 Å². The van der Waals surface area contributed by atoms with E-state index in [0.29, 0.717) is 6.04 Å². The number of morpholine rings is 1. The number of benzene rings is 2. The number of aromatic nitrogens is 2. The van der Waals surface area contributed by atoms with Crippen molar-refractivity contribution in [2.45, 2.75) is 32.2 Å². The van der Waals surface area contributed by atoms with E-state index < -0.39 is 0 Å². The largest absolute Gasteiger partial charge is 0.371 e. The van der Waals surface area contributed by atoms with Crippen molar-refractivity contribution in [2.24, 2.45) is 0 Å². The van der Waals surface area contributed by atoms with E-state index in [-0.39, 0.29) is 6.10 Å². The number of nitrogens with one attached hydrogen (secondary N) is 1. The third kappa shape index (κ3) is 3.27. The van der Waals surface area contributed by atoms with Crippen LogP contribution < -0.4 is 5.32 Å². The van der Waals surface area contributed by atoms with Crippen molar-refractivity contribution in [1.82, 2.24) is 20.0 Å². The Balaban J connectivity index is 1.38. The Kier molecular flexibility index (Phi) is 4.44. The summed E-state index contributed by atoms with van der Waals surface area (Å²) in [6.07, 6.45) is 0.112. The average Bonchev–Trinajstić information content (AvgIpc) is 3.08. The fourth-order valence-corrected chi connectivity index (χ4v) is 4.29. The van der Waals surface area contributed by atoms with Crippen molar-refractivity contribution >= 4 is 10.9 Å². The summed E-state index contributed by atoms with van der Waals surface area (Å²) in [6, 6.07) is 17.8. The van der Waals surface area contributed by atoms with Gasteiger partial charge in [0.15, 0.2) is 0 Å². The molecule has 2 aliphatic heterocycles. The number of hydrogen-bond donors (Lipinski definition) is 1. The van der Waals surface area contributed by atoms with E-state index in [1.165, 1.54) is 22.2 Å². The molecule has 0 bridgehead atoms. The first-order chi connectivity index (χ1) is 13.3. The van der Waals surface area contributed by atoms with Crippen LogP contribution in [0.5, 0.6) is 0 Å². The molecule has 1 aromatic heterocycles. The Morgan fingerprint density at radius 2 is 2.07 bits per heavy atom. The van der Waals surface area contributed by atoms with Gasteiger partial charge >= 0.3 is 0 Å². The zero-order valence-corrected chi connectivity index (χ0v) is 15.8. The standard InChI is InChI=1S/C22H26N4O/c1-16-12-23-13-21-19-8-7-18(11-20(19)24-26(16)21)22-15-25(9-10-27-22)14-17-5-3-2-4-6-17/h2-8,11,16,22-23H,9-10,12-15H2,1H3/t16-,22-/m1/s1. The highest BCUT2D eigenvalue weighted by atomic mass is 16.5. The molecular weight excluding hydrogens is 336 g/mol. The quantitative estimate of drug-likeness (QED) is 0.776. The van der Waals surface area contributed by atoms with Gasteiger partial charge in [-0.15, -0.1) is 0 Å². The normalized spacial score (nSPS) is 23.4. The minimum atomic E-state index is 0.112. The molecule has 140 valence electrons. The molecule has 27 heavy (non-hydrogen) atoms. The molecule has 0 radical (unpaired) electrons. The summed E-state index contributed by atoms with van der Waals surface area (Å²) in [5, 5.41) is 9.63. The molecular formula is C22H26N4O. The summed E-state index contributed by atoms with van der Waals surface area (Å²) in [6.45, 7) is 7.75. The van der Waals surface area contributed by atoms with Gasteiger partial charge in [0.1, 0.15) is 0 Å². The molecule has 2 aliphatic rings. The lowest BCUT2D eigenvalue weighted by molar-refractivity contribution is -0.0328. The molecule has 2 atom stereocenters. The maximum atomic E-state index is 6.12. The Labute approximate surface area is 159 Å². The number of rotatable bonds is 3. The molecule has 1 fully saturated rings. The molecule has 0 amide bonds. The van der Waals surface area contributed by atoms with Crippen molar-refractivity contribution in [3.8, 4) is 0 Å². The molecule has 0 spiro atoms. The first kappa shape index (κ1) is 16.9. The van der Waals surface area contributed by atoms with Crippen molar-refractivity contribution in [3.63, 3.8) is 0 Å². The van der Waals surface area contributed by atoms with Gasteiger partial charge in [-0.1, -0.05) is 42.5 Å². The Bertz CT molecular complexity index is 936. The van der Waals surface area contributed by atoms with E-state index in [1.807, 2.05) is 0 Å². The third-order valence-corrected chi connectivity index (χ3v) is 5.75. The van der Waals surface area contributed by atoms with Crippen molar-refractivity contribution in [1.29, 1.82) is 0 Å². The third-order valence-electron chi connectivity index (χ3n) is 5.75. The molecule has 5 heteroatoms. The van der Waals surface area contributed by atoms with Gasteiger partial charge in [0.05, 0.1) is 30.0 Å². The molecule has 3 aromatic rings. The number of hydrogen-bond acceptors (Lipinski definition) is 4. The molecule has 3 heterocycles. The van der Waals surface area contributed by atoms with Gasteiger partial charge in [0.2, 0.25) is 0 Å². The molecule has 0 saturated carbocycles. The maximum absolute atomic E-state index is 6.12. The van der Waals surface area contributed by atoms with E-state index in [2.05, 4.69) is 70.4 Å². The van der Waals surface area contributed by atoms with Crippen LogP contribution in [0.4, 0.5) is 0 Å². The number of nitrogens with zero attached hydrogens (tertiary/aromatic N) is 3. The van der Waals surface area contributed by atoms with Crippen molar-refractivity contribution in [2.75, 3.05) is 26.2 Å². The number of fused-ring (bicyclic) bond motifs is 3. The summed E-state index contributed by atoms with van der Waals surface area (Å²) >= 11 is 0. The van der Waals surface area contributed by atoms with Crippen LogP contribution in [-0.2, 0) is 17.8 Å². The highest BCUT2D eigenvalue weighted by Gasteiger charge is 2.24. The van der Waals surface area contributed by atoms with Gasteiger partial charge in [-0.2, -0.15) is 5.10 Å². The topological polar surface area (TPSA) is 42.3 Å². The Hall–Kier alpha value is -2.21. The average molecular weight is 362 g/mol. The van der Waals surface area contributed by atoms with Crippen LogP contribution in [-0.4, -0.2) is 40.9 Å². The monoisotopic (exact) mass is 362 g/mol. The first-order valence-corrected chi connectivity index (χ1v) is 9.87. The smallest absolute Gasteiger partial charge is 0.0953 e. The fourth-order valence-electron chi connectivity index (χ4n) is 4.29. The highest BCUT2D eigenvalue weighted by molar-refractivity contribution is 5.82. The lowest BCUT2D eigenvalue weighted by atomic mass is 10.0. The summed E-state index contributed by atoms with van der Waals surface area (Å²) in [4.78, 5) is 2.48. The van der Waals surface area contributed by atoms with E-state index in [0.717, 1.165) is 44.8 Å². The lowest BCUT2D eigenvalue weighted by Crippen LogP contribution is -2.37. The molecule has 1 N–H and O–H groups in total. The molecule has 0 aliphatic carbocycles. The predicted molar refractivity (Wildman–Crippen MR) is 107 cm³/mol. The van der Waals surface area contributed by atoms with E-state index in [9.17, 15) is 0 Å². The molecule has 5 nitrogen and oxygen atoms in total. The first-order valence-electron chi connectivity index (χ1n) is 9.87. The van der Waals surface area contributed by atoms with Crippen molar-refractivity contribution < 1.29 is 4.74 Å². The Morgan fingerprint density at radius 3 is 2.96 bits per heavy atom. The maximum Gasteiger partial charge on any atom is 0.0953 e. The number of ether oxygens (including phenoxy) is 1. The Morgan fingerprint density at radius 1 is 1.19 bits per heavy atom. The van der Waals surface area contributed by atoms with Gasteiger partial charge in [0, 0.05) is 38.1 Å². The zero-order valence-electron chi connectivity index (χ0n) is 15.8. The summed E-state index contributed by atoms with van der Waals surface area (Å²) < 4.78 is 8.30. The minimum Gasteiger partial charge on any atom is -0.371 e. The van der Waals surface area contributed by atoms with Crippen LogP contribution in [0.15, 0.2) is 48.5 Å².